The normalized spacial score (nSPS) is 30.8. The molecule has 4 fully saturated rings. The zero-order valence-corrected chi connectivity index (χ0v) is 26.2. The van der Waals surface area contributed by atoms with Gasteiger partial charge >= 0.3 is 23.9 Å². The van der Waals surface area contributed by atoms with Crippen molar-refractivity contribution in [2.45, 2.75) is 111 Å². The van der Waals surface area contributed by atoms with Crippen LogP contribution in [-0.4, -0.2) is 34.6 Å². The van der Waals surface area contributed by atoms with E-state index in [0.29, 0.717) is 31.6 Å². The SMILES string of the molecule is CCC1C2CCC(CC2)C1CCC1C(=O)OC(=O)C1CCCC(CC(C)C(=O)O)C(=O)OC(C)(C)C.[Y]. The van der Waals surface area contributed by atoms with Crippen molar-refractivity contribution in [3.8, 4) is 0 Å². The van der Waals surface area contributed by atoms with Crippen LogP contribution in [-0.2, 0) is 61.4 Å². The van der Waals surface area contributed by atoms with Crippen LogP contribution >= 0.6 is 0 Å². The number of carboxylic acid groups (broad SMARTS) is 1. The molecule has 4 aliphatic rings. The number of carboxylic acids is 1. The second-order valence-corrected chi connectivity index (χ2v) is 12.6. The standard InChI is InChI=1S/C29H46O7.Y/c1-6-21-18-10-12-19(13-11-18)22(21)14-15-24-23(27(33)35-28(24)34)9-7-8-20(16-17(2)25(30)31)26(32)36-29(3,4)5;/h17-24H,6-16H2,1-5H3,(H,30,31);. The Bertz CT molecular complexity index is 812. The monoisotopic (exact) mass is 595 g/mol. The van der Waals surface area contributed by atoms with E-state index in [4.69, 9.17) is 9.47 Å². The van der Waals surface area contributed by atoms with Crippen molar-refractivity contribution >= 4 is 23.9 Å². The van der Waals surface area contributed by atoms with Crippen molar-refractivity contribution in [2.75, 3.05) is 0 Å². The molecule has 1 radical (unpaired) electrons. The van der Waals surface area contributed by atoms with Gasteiger partial charge in [-0.25, -0.2) is 0 Å². The maximum atomic E-state index is 12.8. The Hall–Kier alpha value is -0.816. The zero-order chi connectivity index (χ0) is 26.6. The van der Waals surface area contributed by atoms with E-state index in [9.17, 15) is 24.3 Å². The summed E-state index contributed by atoms with van der Waals surface area (Å²) in [6.45, 7) is 9.22. The second kappa shape index (κ2) is 14.0. The number of carbonyl (C=O) groups is 4. The average Bonchev–Trinajstić information content (AvgIpc) is 3.07. The molecule has 6 unspecified atom stereocenters. The molecule has 0 aromatic rings. The zero-order valence-electron chi connectivity index (χ0n) is 23.4. The van der Waals surface area contributed by atoms with Crippen LogP contribution in [0.2, 0.25) is 0 Å². The van der Waals surface area contributed by atoms with Crippen LogP contribution in [0.25, 0.3) is 0 Å². The molecule has 2 bridgehead atoms. The Labute approximate surface area is 247 Å². The van der Waals surface area contributed by atoms with Crippen LogP contribution in [0, 0.1) is 47.3 Å². The average molecular weight is 596 g/mol. The third kappa shape index (κ3) is 8.58. The molecule has 1 heterocycles. The van der Waals surface area contributed by atoms with Crippen LogP contribution in [0.15, 0.2) is 0 Å². The number of ether oxygens (including phenoxy) is 2. The van der Waals surface area contributed by atoms with Crippen molar-refractivity contribution in [2.24, 2.45) is 47.3 Å². The topological polar surface area (TPSA) is 107 Å². The Balaban J connectivity index is 0.00000481. The minimum absolute atomic E-state index is 0. The predicted octanol–water partition coefficient (Wildman–Crippen LogP) is 5.78. The number of cyclic esters (lactones) is 2. The van der Waals surface area contributed by atoms with Gasteiger partial charge in [-0.3, -0.25) is 19.2 Å². The Morgan fingerprint density at radius 1 is 0.973 bits per heavy atom. The number of carbonyl (C=O) groups excluding carboxylic acids is 3. The second-order valence-electron chi connectivity index (χ2n) is 12.6. The molecule has 207 valence electrons. The van der Waals surface area contributed by atoms with Crippen LogP contribution in [0.4, 0.5) is 0 Å². The summed E-state index contributed by atoms with van der Waals surface area (Å²) in [5, 5.41) is 9.33. The van der Waals surface area contributed by atoms with Crippen molar-refractivity contribution in [3.05, 3.63) is 0 Å². The Kier molecular flexibility index (Phi) is 12.3. The van der Waals surface area contributed by atoms with Crippen molar-refractivity contribution in [1.29, 1.82) is 0 Å². The van der Waals surface area contributed by atoms with Gasteiger partial charge in [0.2, 0.25) is 0 Å². The van der Waals surface area contributed by atoms with E-state index in [-0.39, 0.29) is 39.1 Å². The maximum Gasteiger partial charge on any atom is 0.317 e. The fourth-order valence-electron chi connectivity index (χ4n) is 7.20. The van der Waals surface area contributed by atoms with Gasteiger partial charge in [0.15, 0.2) is 0 Å². The van der Waals surface area contributed by atoms with Crippen LogP contribution < -0.4 is 0 Å². The van der Waals surface area contributed by atoms with Crippen LogP contribution in [0.5, 0.6) is 0 Å². The molecule has 3 aliphatic carbocycles. The Morgan fingerprint density at radius 2 is 1.51 bits per heavy atom. The third-order valence-corrected chi connectivity index (χ3v) is 9.02. The number of aliphatic carboxylic acids is 1. The summed E-state index contributed by atoms with van der Waals surface area (Å²) in [5.74, 6) is -1.40. The summed E-state index contributed by atoms with van der Waals surface area (Å²) in [6, 6.07) is 0. The molecule has 0 aromatic heterocycles. The first kappa shape index (κ1) is 32.4. The first-order valence-corrected chi connectivity index (χ1v) is 14.1. The molecule has 37 heavy (non-hydrogen) atoms. The van der Waals surface area contributed by atoms with Gasteiger partial charge in [-0.1, -0.05) is 26.7 Å². The number of rotatable bonds is 12. The van der Waals surface area contributed by atoms with E-state index in [2.05, 4.69) is 6.92 Å². The molecule has 8 heteroatoms. The van der Waals surface area contributed by atoms with Gasteiger partial charge in [0.1, 0.15) is 5.60 Å². The molecule has 3 saturated carbocycles. The van der Waals surface area contributed by atoms with Crippen molar-refractivity contribution in [1.82, 2.24) is 0 Å². The van der Waals surface area contributed by atoms with Crippen LogP contribution in [0.3, 0.4) is 0 Å². The van der Waals surface area contributed by atoms with E-state index in [1.807, 2.05) is 0 Å². The van der Waals surface area contributed by atoms with Gasteiger partial charge in [-0.2, -0.15) is 0 Å². The smallest absolute Gasteiger partial charge is 0.317 e. The van der Waals surface area contributed by atoms with E-state index in [0.717, 1.165) is 24.2 Å². The van der Waals surface area contributed by atoms with E-state index in [1.165, 1.54) is 32.1 Å². The summed E-state index contributed by atoms with van der Waals surface area (Å²) in [6.07, 6.45) is 9.71. The molecule has 1 N–H and O–H groups in total. The molecular weight excluding hydrogens is 549 g/mol. The van der Waals surface area contributed by atoms with Gasteiger partial charge in [-0.15, -0.1) is 0 Å². The minimum Gasteiger partial charge on any atom is -0.481 e. The van der Waals surface area contributed by atoms with Gasteiger partial charge < -0.3 is 14.6 Å². The molecular formula is C29H46O7Y. The van der Waals surface area contributed by atoms with E-state index >= 15 is 0 Å². The maximum absolute atomic E-state index is 12.8. The fraction of sp³-hybridized carbons (Fsp3) is 0.862. The molecule has 1 saturated heterocycles. The molecule has 1 aliphatic heterocycles. The first-order chi connectivity index (χ1) is 16.9. The first-order valence-electron chi connectivity index (χ1n) is 14.1. The number of hydrogen-bond donors (Lipinski definition) is 1. The number of esters is 3. The third-order valence-electron chi connectivity index (χ3n) is 9.02. The van der Waals surface area contributed by atoms with E-state index in [1.54, 1.807) is 27.7 Å². The minimum atomic E-state index is -0.949. The molecule has 0 aromatic carbocycles. The van der Waals surface area contributed by atoms with E-state index < -0.39 is 53.1 Å². The Morgan fingerprint density at radius 3 is 2.03 bits per heavy atom. The van der Waals surface area contributed by atoms with Gasteiger partial charge in [0.05, 0.1) is 23.7 Å². The fourth-order valence-corrected chi connectivity index (χ4v) is 7.20. The van der Waals surface area contributed by atoms with Gasteiger partial charge in [-0.05, 0) is 102 Å². The molecule has 7 nitrogen and oxygen atoms in total. The summed E-state index contributed by atoms with van der Waals surface area (Å²) in [5.41, 5.74) is -0.663. The number of fused-ring (bicyclic) bond motifs is 3. The number of hydrogen-bond acceptors (Lipinski definition) is 6. The van der Waals surface area contributed by atoms with Gasteiger partial charge in [0, 0.05) is 32.7 Å². The molecule has 6 atom stereocenters. The van der Waals surface area contributed by atoms with Gasteiger partial charge in [0.25, 0.3) is 0 Å². The summed E-state index contributed by atoms with van der Waals surface area (Å²) in [7, 11) is 0. The van der Waals surface area contributed by atoms with Crippen molar-refractivity contribution < 1.29 is 66.5 Å². The summed E-state index contributed by atoms with van der Waals surface area (Å²) < 4.78 is 10.6. The summed E-state index contributed by atoms with van der Waals surface area (Å²) >= 11 is 0. The summed E-state index contributed by atoms with van der Waals surface area (Å²) in [4.78, 5) is 49.3. The van der Waals surface area contributed by atoms with Crippen LogP contribution in [0.1, 0.15) is 105 Å². The molecule has 0 amide bonds. The predicted molar refractivity (Wildman–Crippen MR) is 135 cm³/mol. The largest absolute Gasteiger partial charge is 0.481 e. The van der Waals surface area contributed by atoms with Crippen molar-refractivity contribution in [3.63, 3.8) is 0 Å². The molecule has 0 spiro atoms. The molecule has 4 rings (SSSR count). The quantitative estimate of drug-likeness (QED) is 0.225.